The normalized spacial score (nSPS) is 33.5. The average molecular weight is 270 g/mol. The molecule has 0 aromatic rings. The Kier molecular flexibility index (Phi) is 4.81. The van der Waals surface area contributed by atoms with Gasteiger partial charge in [-0.05, 0) is 39.5 Å². The van der Waals surface area contributed by atoms with Crippen LogP contribution in [0.2, 0.25) is 0 Å². The first-order valence-electron chi connectivity index (χ1n) is 7.36. The van der Waals surface area contributed by atoms with Crippen molar-refractivity contribution in [3.8, 4) is 0 Å². The number of carbonyl (C=O) groups is 1. The summed E-state index contributed by atoms with van der Waals surface area (Å²) in [7, 11) is 0. The SMILES string of the molecule is CC(C)NC1(C(=O)O)CCC(N2CCCOCC2)C1. The highest BCUT2D eigenvalue weighted by molar-refractivity contribution is 5.79. The van der Waals surface area contributed by atoms with Crippen molar-refractivity contribution < 1.29 is 14.6 Å². The maximum atomic E-state index is 11.6. The molecule has 2 fully saturated rings. The minimum absolute atomic E-state index is 0.197. The lowest BCUT2D eigenvalue weighted by atomic mass is 9.96. The van der Waals surface area contributed by atoms with Crippen molar-refractivity contribution in [2.75, 3.05) is 26.3 Å². The minimum Gasteiger partial charge on any atom is -0.480 e. The molecule has 2 unspecified atom stereocenters. The lowest BCUT2D eigenvalue weighted by Gasteiger charge is -2.31. The molecule has 0 aromatic carbocycles. The summed E-state index contributed by atoms with van der Waals surface area (Å²) >= 11 is 0. The predicted octanol–water partition coefficient (Wildman–Crippen LogP) is 1.08. The molecule has 5 nitrogen and oxygen atoms in total. The number of rotatable bonds is 4. The number of hydrogen-bond donors (Lipinski definition) is 2. The van der Waals surface area contributed by atoms with E-state index in [4.69, 9.17) is 4.74 Å². The molecule has 110 valence electrons. The average Bonchev–Trinajstić information content (AvgIpc) is 2.60. The standard InChI is InChI=1S/C14H26N2O3/c1-11(2)15-14(13(17)18)5-4-12(10-14)16-6-3-8-19-9-7-16/h11-12,15H,3-10H2,1-2H3,(H,17,18). The zero-order chi connectivity index (χ0) is 13.9. The molecule has 0 amide bonds. The number of carboxylic acid groups (broad SMARTS) is 1. The summed E-state index contributed by atoms with van der Waals surface area (Å²) in [5, 5.41) is 12.9. The maximum Gasteiger partial charge on any atom is 0.323 e. The predicted molar refractivity (Wildman–Crippen MR) is 73.3 cm³/mol. The molecular formula is C14H26N2O3. The molecule has 0 spiro atoms. The quantitative estimate of drug-likeness (QED) is 0.800. The van der Waals surface area contributed by atoms with Crippen molar-refractivity contribution in [1.29, 1.82) is 0 Å². The summed E-state index contributed by atoms with van der Waals surface area (Å²) in [5.74, 6) is -0.699. The van der Waals surface area contributed by atoms with Crippen LogP contribution in [0, 0.1) is 0 Å². The first kappa shape index (κ1) is 14.8. The van der Waals surface area contributed by atoms with E-state index in [2.05, 4.69) is 10.2 Å². The van der Waals surface area contributed by atoms with Crippen LogP contribution >= 0.6 is 0 Å². The van der Waals surface area contributed by atoms with Gasteiger partial charge in [-0.15, -0.1) is 0 Å². The van der Waals surface area contributed by atoms with Gasteiger partial charge < -0.3 is 9.84 Å². The Morgan fingerprint density at radius 1 is 1.42 bits per heavy atom. The number of hydrogen-bond acceptors (Lipinski definition) is 4. The van der Waals surface area contributed by atoms with Gasteiger partial charge in [-0.2, -0.15) is 0 Å². The maximum absolute atomic E-state index is 11.6. The fourth-order valence-electron chi connectivity index (χ4n) is 3.40. The molecule has 0 bridgehead atoms. The highest BCUT2D eigenvalue weighted by atomic mass is 16.5. The second-order valence-electron chi connectivity index (χ2n) is 6.08. The Morgan fingerprint density at radius 2 is 2.21 bits per heavy atom. The van der Waals surface area contributed by atoms with E-state index in [1.807, 2.05) is 13.8 Å². The van der Waals surface area contributed by atoms with Crippen LogP contribution in [-0.2, 0) is 9.53 Å². The zero-order valence-electron chi connectivity index (χ0n) is 12.0. The summed E-state index contributed by atoms with van der Waals surface area (Å²) in [4.78, 5) is 14.1. The van der Waals surface area contributed by atoms with Gasteiger partial charge in [0.2, 0.25) is 0 Å². The van der Waals surface area contributed by atoms with Gasteiger partial charge in [0.15, 0.2) is 0 Å². The number of carboxylic acids is 1. The molecule has 5 heteroatoms. The zero-order valence-corrected chi connectivity index (χ0v) is 12.0. The second-order valence-corrected chi connectivity index (χ2v) is 6.08. The third kappa shape index (κ3) is 3.46. The molecule has 1 saturated heterocycles. The van der Waals surface area contributed by atoms with E-state index in [9.17, 15) is 9.90 Å². The molecule has 1 aliphatic heterocycles. The monoisotopic (exact) mass is 270 g/mol. The van der Waals surface area contributed by atoms with Crippen LogP contribution < -0.4 is 5.32 Å². The third-order valence-electron chi connectivity index (χ3n) is 4.24. The van der Waals surface area contributed by atoms with Gasteiger partial charge in [0.05, 0.1) is 6.61 Å². The Bertz CT molecular complexity index is 314. The van der Waals surface area contributed by atoms with E-state index in [0.29, 0.717) is 12.5 Å². The molecule has 2 atom stereocenters. The van der Waals surface area contributed by atoms with Gasteiger partial charge in [-0.25, -0.2) is 0 Å². The van der Waals surface area contributed by atoms with Gasteiger partial charge in [0.25, 0.3) is 0 Å². The molecule has 0 radical (unpaired) electrons. The largest absolute Gasteiger partial charge is 0.480 e. The molecule has 1 heterocycles. The Hall–Kier alpha value is -0.650. The molecule has 0 aromatic heterocycles. The third-order valence-corrected chi connectivity index (χ3v) is 4.24. The second kappa shape index (κ2) is 6.20. The van der Waals surface area contributed by atoms with E-state index < -0.39 is 11.5 Å². The van der Waals surface area contributed by atoms with Gasteiger partial charge in [-0.3, -0.25) is 15.0 Å². The van der Waals surface area contributed by atoms with Crippen molar-refractivity contribution in [1.82, 2.24) is 10.2 Å². The van der Waals surface area contributed by atoms with Crippen molar-refractivity contribution in [2.45, 2.75) is 57.2 Å². The number of nitrogens with zero attached hydrogens (tertiary/aromatic N) is 1. The van der Waals surface area contributed by atoms with Crippen LogP contribution in [0.4, 0.5) is 0 Å². The molecule has 1 aliphatic carbocycles. The molecule has 2 N–H and O–H groups in total. The van der Waals surface area contributed by atoms with Crippen molar-refractivity contribution in [2.24, 2.45) is 0 Å². The molecule has 2 rings (SSSR count). The smallest absolute Gasteiger partial charge is 0.323 e. The number of ether oxygens (including phenoxy) is 1. The van der Waals surface area contributed by atoms with Crippen LogP contribution in [0.5, 0.6) is 0 Å². The first-order valence-corrected chi connectivity index (χ1v) is 7.36. The summed E-state index contributed by atoms with van der Waals surface area (Å²) < 4.78 is 5.47. The van der Waals surface area contributed by atoms with Crippen LogP contribution in [0.3, 0.4) is 0 Å². The van der Waals surface area contributed by atoms with Crippen molar-refractivity contribution >= 4 is 5.97 Å². The van der Waals surface area contributed by atoms with E-state index >= 15 is 0 Å². The highest BCUT2D eigenvalue weighted by Crippen LogP contribution is 2.34. The van der Waals surface area contributed by atoms with E-state index in [1.54, 1.807) is 0 Å². The Labute approximate surface area is 115 Å². The van der Waals surface area contributed by atoms with Crippen molar-refractivity contribution in [3.63, 3.8) is 0 Å². The molecule has 1 saturated carbocycles. The van der Waals surface area contributed by atoms with E-state index in [1.165, 1.54) is 0 Å². The lowest BCUT2D eigenvalue weighted by molar-refractivity contribution is -0.145. The Morgan fingerprint density at radius 3 is 2.89 bits per heavy atom. The fraction of sp³-hybridized carbons (Fsp3) is 0.929. The summed E-state index contributed by atoms with van der Waals surface area (Å²) in [6, 6.07) is 0.575. The van der Waals surface area contributed by atoms with Gasteiger partial charge >= 0.3 is 5.97 Å². The Balaban J connectivity index is 2.01. The van der Waals surface area contributed by atoms with Gasteiger partial charge in [0.1, 0.15) is 5.54 Å². The van der Waals surface area contributed by atoms with Crippen LogP contribution in [0.1, 0.15) is 39.5 Å². The van der Waals surface area contributed by atoms with Gasteiger partial charge in [0, 0.05) is 31.8 Å². The first-order chi connectivity index (χ1) is 9.03. The van der Waals surface area contributed by atoms with Crippen LogP contribution in [-0.4, -0.2) is 59.9 Å². The van der Waals surface area contributed by atoms with E-state index in [-0.39, 0.29) is 6.04 Å². The molecule has 19 heavy (non-hydrogen) atoms. The number of nitrogens with one attached hydrogen (secondary N) is 1. The van der Waals surface area contributed by atoms with E-state index in [0.717, 1.165) is 45.6 Å². The topological polar surface area (TPSA) is 61.8 Å². The van der Waals surface area contributed by atoms with Crippen LogP contribution in [0.25, 0.3) is 0 Å². The summed E-state index contributed by atoms with van der Waals surface area (Å²) in [6.45, 7) is 7.59. The lowest BCUT2D eigenvalue weighted by Crippen LogP contribution is -2.54. The molecular weight excluding hydrogens is 244 g/mol. The molecule has 2 aliphatic rings. The number of aliphatic carboxylic acids is 1. The van der Waals surface area contributed by atoms with Gasteiger partial charge in [-0.1, -0.05) is 0 Å². The fourth-order valence-corrected chi connectivity index (χ4v) is 3.40. The van der Waals surface area contributed by atoms with Crippen LogP contribution in [0.15, 0.2) is 0 Å². The summed E-state index contributed by atoms with van der Waals surface area (Å²) in [5.41, 5.74) is -0.730. The highest BCUT2D eigenvalue weighted by Gasteiger charge is 2.47. The van der Waals surface area contributed by atoms with Crippen molar-refractivity contribution in [3.05, 3.63) is 0 Å². The minimum atomic E-state index is -0.730. The summed E-state index contributed by atoms with van der Waals surface area (Å²) in [6.07, 6.45) is 3.45.